The number of rotatable bonds is 1. The Morgan fingerprint density at radius 2 is 1.88 bits per heavy atom. The minimum atomic E-state index is -0.109. The third kappa shape index (κ3) is 2.47. The summed E-state index contributed by atoms with van der Waals surface area (Å²) in [5, 5.41) is 7.72. The molecule has 0 spiro atoms. The minimum Gasteiger partial charge on any atom is -0.454 e. The first-order valence-corrected chi connectivity index (χ1v) is 8.55. The van der Waals surface area contributed by atoms with E-state index in [-0.39, 0.29) is 24.2 Å². The van der Waals surface area contributed by atoms with Crippen molar-refractivity contribution in [2.45, 2.75) is 52.5 Å². The molecule has 2 aromatic rings. The lowest BCUT2D eigenvalue weighted by atomic mass is 9.83. The molecule has 132 valence electrons. The summed E-state index contributed by atoms with van der Waals surface area (Å²) in [5.74, 6) is 1.39. The van der Waals surface area contributed by atoms with Gasteiger partial charge >= 0.3 is 0 Å². The van der Waals surface area contributed by atoms with E-state index in [1.54, 1.807) is 0 Å². The SMILES string of the molecule is Cc1nn(C(C)(C)C)c(C)c1C1CC(=O)Nc2cc3c(cc21)OCO3. The van der Waals surface area contributed by atoms with Crippen molar-refractivity contribution in [3.63, 3.8) is 0 Å². The zero-order chi connectivity index (χ0) is 17.9. The van der Waals surface area contributed by atoms with E-state index in [1.807, 2.05) is 19.1 Å². The van der Waals surface area contributed by atoms with Crippen LogP contribution in [0.15, 0.2) is 12.1 Å². The van der Waals surface area contributed by atoms with Gasteiger partial charge in [0, 0.05) is 35.3 Å². The molecule has 6 heteroatoms. The molecule has 0 saturated heterocycles. The van der Waals surface area contributed by atoms with Gasteiger partial charge in [0.25, 0.3) is 0 Å². The van der Waals surface area contributed by atoms with Crippen molar-refractivity contribution in [2.24, 2.45) is 0 Å². The second-order valence-corrected chi connectivity index (χ2v) is 7.76. The van der Waals surface area contributed by atoms with E-state index in [0.29, 0.717) is 12.2 Å². The van der Waals surface area contributed by atoms with Crippen molar-refractivity contribution in [1.82, 2.24) is 9.78 Å². The Kier molecular flexibility index (Phi) is 3.36. The molecule has 0 saturated carbocycles. The maximum Gasteiger partial charge on any atom is 0.231 e. The molecule has 25 heavy (non-hydrogen) atoms. The third-order valence-corrected chi connectivity index (χ3v) is 4.91. The summed E-state index contributed by atoms with van der Waals surface area (Å²) < 4.78 is 13.0. The molecular weight excluding hydrogens is 318 g/mol. The van der Waals surface area contributed by atoms with Gasteiger partial charge in [0.2, 0.25) is 12.7 Å². The first-order valence-electron chi connectivity index (χ1n) is 8.55. The molecule has 0 aliphatic carbocycles. The van der Waals surface area contributed by atoms with E-state index in [0.717, 1.165) is 34.0 Å². The van der Waals surface area contributed by atoms with Gasteiger partial charge in [-0.3, -0.25) is 9.48 Å². The van der Waals surface area contributed by atoms with Crippen LogP contribution in [0.4, 0.5) is 5.69 Å². The molecular formula is C19H23N3O3. The van der Waals surface area contributed by atoms with Crippen LogP contribution in [0.25, 0.3) is 0 Å². The van der Waals surface area contributed by atoms with Gasteiger partial charge in [0.05, 0.1) is 11.2 Å². The van der Waals surface area contributed by atoms with Crippen LogP contribution in [0, 0.1) is 13.8 Å². The quantitative estimate of drug-likeness (QED) is 0.863. The lowest BCUT2D eigenvalue weighted by molar-refractivity contribution is -0.116. The van der Waals surface area contributed by atoms with Gasteiger partial charge in [0.15, 0.2) is 11.5 Å². The van der Waals surface area contributed by atoms with E-state index in [1.165, 1.54) is 0 Å². The van der Waals surface area contributed by atoms with E-state index in [4.69, 9.17) is 14.6 Å². The van der Waals surface area contributed by atoms with Crippen molar-refractivity contribution in [2.75, 3.05) is 12.1 Å². The fourth-order valence-electron chi connectivity index (χ4n) is 3.92. The molecule has 1 aromatic heterocycles. The Morgan fingerprint density at radius 1 is 1.20 bits per heavy atom. The van der Waals surface area contributed by atoms with E-state index < -0.39 is 0 Å². The molecule has 0 bridgehead atoms. The number of nitrogens with one attached hydrogen (secondary N) is 1. The number of hydrogen-bond acceptors (Lipinski definition) is 4. The highest BCUT2D eigenvalue weighted by molar-refractivity contribution is 5.96. The second kappa shape index (κ2) is 5.25. The Hall–Kier alpha value is -2.50. The standard InChI is InChI=1S/C19H23N3O3/c1-10-18(11(2)22(21-10)19(3,4)5)13-7-17(23)20-14-8-16-15(6-12(13)14)24-9-25-16/h6,8,13H,7,9H2,1-5H3,(H,20,23). The number of benzene rings is 1. The zero-order valence-electron chi connectivity index (χ0n) is 15.3. The van der Waals surface area contributed by atoms with E-state index >= 15 is 0 Å². The normalized spacial score (nSPS) is 18.9. The highest BCUT2D eigenvalue weighted by Gasteiger charge is 2.34. The van der Waals surface area contributed by atoms with Gasteiger partial charge in [-0.05, 0) is 46.2 Å². The predicted molar refractivity (Wildman–Crippen MR) is 94.4 cm³/mol. The smallest absolute Gasteiger partial charge is 0.231 e. The van der Waals surface area contributed by atoms with Crippen LogP contribution < -0.4 is 14.8 Å². The molecule has 2 aliphatic heterocycles. The number of carbonyl (C=O) groups is 1. The summed E-state index contributed by atoms with van der Waals surface area (Å²) in [7, 11) is 0. The summed E-state index contributed by atoms with van der Waals surface area (Å²) in [4.78, 5) is 12.3. The number of fused-ring (bicyclic) bond motifs is 2. The van der Waals surface area contributed by atoms with Crippen LogP contribution >= 0.6 is 0 Å². The van der Waals surface area contributed by atoms with Crippen molar-refractivity contribution in [3.05, 3.63) is 34.6 Å². The van der Waals surface area contributed by atoms with Crippen molar-refractivity contribution < 1.29 is 14.3 Å². The van der Waals surface area contributed by atoms with Crippen LogP contribution in [0.5, 0.6) is 11.5 Å². The molecule has 2 aliphatic rings. The number of amides is 1. The largest absolute Gasteiger partial charge is 0.454 e. The molecule has 1 unspecified atom stereocenters. The fraction of sp³-hybridized carbons (Fsp3) is 0.474. The molecule has 1 amide bonds. The van der Waals surface area contributed by atoms with Gasteiger partial charge in [-0.2, -0.15) is 5.10 Å². The van der Waals surface area contributed by atoms with Gasteiger partial charge in [-0.25, -0.2) is 0 Å². The molecule has 4 rings (SSSR count). The van der Waals surface area contributed by atoms with Crippen LogP contribution in [0.3, 0.4) is 0 Å². The fourth-order valence-corrected chi connectivity index (χ4v) is 3.92. The molecule has 3 heterocycles. The average molecular weight is 341 g/mol. The lowest BCUT2D eigenvalue weighted by Gasteiger charge is -2.27. The zero-order valence-corrected chi connectivity index (χ0v) is 15.3. The number of aromatic nitrogens is 2. The van der Waals surface area contributed by atoms with E-state index in [9.17, 15) is 4.79 Å². The summed E-state index contributed by atoms with van der Waals surface area (Å²) in [6.07, 6.45) is 0.407. The van der Waals surface area contributed by atoms with Gasteiger partial charge in [-0.15, -0.1) is 0 Å². The number of carbonyl (C=O) groups excluding carboxylic acids is 1. The number of aryl methyl sites for hydroxylation is 1. The lowest BCUT2D eigenvalue weighted by Crippen LogP contribution is -2.26. The Balaban J connectivity index is 1.88. The molecule has 6 nitrogen and oxygen atoms in total. The molecule has 1 aromatic carbocycles. The van der Waals surface area contributed by atoms with Crippen LogP contribution in [0.1, 0.15) is 55.6 Å². The van der Waals surface area contributed by atoms with Crippen LogP contribution in [-0.2, 0) is 10.3 Å². The Morgan fingerprint density at radius 3 is 2.52 bits per heavy atom. The molecule has 1 N–H and O–H groups in total. The second-order valence-electron chi connectivity index (χ2n) is 7.76. The maximum atomic E-state index is 12.3. The van der Waals surface area contributed by atoms with Gasteiger partial charge in [-0.1, -0.05) is 0 Å². The predicted octanol–water partition coefficient (Wildman–Crippen LogP) is 3.46. The summed E-state index contributed by atoms with van der Waals surface area (Å²) in [6.45, 7) is 10.7. The maximum absolute atomic E-state index is 12.3. The van der Waals surface area contributed by atoms with Crippen molar-refractivity contribution in [1.29, 1.82) is 0 Å². The summed E-state index contributed by atoms with van der Waals surface area (Å²) in [6, 6.07) is 3.86. The first kappa shape index (κ1) is 16.0. The van der Waals surface area contributed by atoms with Crippen LogP contribution in [0.2, 0.25) is 0 Å². The van der Waals surface area contributed by atoms with Crippen molar-refractivity contribution in [3.8, 4) is 11.5 Å². The van der Waals surface area contributed by atoms with Crippen LogP contribution in [-0.4, -0.2) is 22.5 Å². The molecule has 0 radical (unpaired) electrons. The monoisotopic (exact) mass is 341 g/mol. The topological polar surface area (TPSA) is 65.4 Å². The van der Waals surface area contributed by atoms with Gasteiger partial charge in [0.1, 0.15) is 0 Å². The van der Waals surface area contributed by atoms with E-state index in [2.05, 4.69) is 37.7 Å². The number of nitrogens with zero attached hydrogens (tertiary/aromatic N) is 2. The molecule has 0 fully saturated rings. The number of anilines is 1. The molecule has 1 atom stereocenters. The summed E-state index contributed by atoms with van der Waals surface area (Å²) in [5.41, 5.74) is 4.95. The first-order chi connectivity index (χ1) is 11.8. The minimum absolute atomic E-state index is 0.0127. The highest BCUT2D eigenvalue weighted by Crippen LogP contribution is 2.46. The number of ether oxygens (including phenoxy) is 2. The number of hydrogen-bond donors (Lipinski definition) is 1. The van der Waals surface area contributed by atoms with Crippen molar-refractivity contribution >= 4 is 11.6 Å². The summed E-state index contributed by atoms with van der Waals surface area (Å²) >= 11 is 0. The Labute approximate surface area is 147 Å². The average Bonchev–Trinajstić information content (AvgIpc) is 3.08. The highest BCUT2D eigenvalue weighted by atomic mass is 16.7. The van der Waals surface area contributed by atoms with Gasteiger partial charge < -0.3 is 14.8 Å². The third-order valence-electron chi connectivity index (χ3n) is 4.91. The Bertz CT molecular complexity index is 877.